The van der Waals surface area contributed by atoms with E-state index in [1.54, 1.807) is 4.68 Å². The maximum Gasteiger partial charge on any atom is 0.321 e. The van der Waals surface area contributed by atoms with Crippen LogP contribution in [0.1, 0.15) is 13.8 Å². The average molecular weight is 221 g/mol. The van der Waals surface area contributed by atoms with Crippen molar-refractivity contribution in [3.05, 3.63) is 12.3 Å². The van der Waals surface area contributed by atoms with Gasteiger partial charge in [0.1, 0.15) is 5.69 Å². The van der Waals surface area contributed by atoms with Crippen molar-refractivity contribution < 1.29 is 4.52 Å². The molecule has 0 aromatic carbocycles. The summed E-state index contributed by atoms with van der Waals surface area (Å²) >= 11 is 0. The van der Waals surface area contributed by atoms with Crippen molar-refractivity contribution in [1.82, 2.24) is 19.9 Å². The third kappa shape index (κ3) is 2.39. The monoisotopic (exact) mass is 221 g/mol. The summed E-state index contributed by atoms with van der Waals surface area (Å²) in [4.78, 5) is 4.20. The van der Waals surface area contributed by atoms with Gasteiger partial charge in [-0.2, -0.15) is 10.1 Å². The molecule has 0 fully saturated rings. The van der Waals surface area contributed by atoms with Crippen LogP contribution in [0.25, 0.3) is 11.5 Å². The lowest BCUT2D eigenvalue weighted by molar-refractivity contribution is 0.429. The summed E-state index contributed by atoms with van der Waals surface area (Å²) < 4.78 is 6.76. The Bertz CT molecular complexity index is 459. The van der Waals surface area contributed by atoms with Gasteiger partial charge in [0.05, 0.1) is 0 Å². The van der Waals surface area contributed by atoms with E-state index in [0.717, 1.165) is 6.54 Å². The molecule has 2 rings (SSSR count). The zero-order valence-corrected chi connectivity index (χ0v) is 9.64. The lowest BCUT2D eigenvalue weighted by atomic mass is 10.2. The summed E-state index contributed by atoms with van der Waals surface area (Å²) in [6, 6.07) is 2.28. The van der Waals surface area contributed by atoms with Gasteiger partial charge in [0.25, 0.3) is 0 Å². The Morgan fingerprint density at radius 1 is 1.50 bits per heavy atom. The molecule has 2 heterocycles. The zero-order chi connectivity index (χ0) is 11.5. The Kier molecular flexibility index (Phi) is 2.89. The predicted molar refractivity (Wildman–Crippen MR) is 59.8 cm³/mol. The van der Waals surface area contributed by atoms with Crippen LogP contribution in [0.5, 0.6) is 0 Å². The molecule has 2 aromatic heterocycles. The summed E-state index contributed by atoms with van der Waals surface area (Å²) in [5.41, 5.74) is 0.712. The van der Waals surface area contributed by atoms with Gasteiger partial charge >= 0.3 is 6.01 Å². The molecule has 0 spiro atoms. The Balaban J connectivity index is 2.07. The number of anilines is 1. The maximum atomic E-state index is 5.06. The molecular formula is C10H15N5O. The Morgan fingerprint density at radius 2 is 2.31 bits per heavy atom. The number of hydrogen-bond acceptors (Lipinski definition) is 5. The van der Waals surface area contributed by atoms with E-state index in [-0.39, 0.29) is 0 Å². The minimum absolute atomic E-state index is 0.439. The topological polar surface area (TPSA) is 68.8 Å². The van der Waals surface area contributed by atoms with E-state index in [9.17, 15) is 0 Å². The van der Waals surface area contributed by atoms with Gasteiger partial charge in [0.15, 0.2) is 0 Å². The fraction of sp³-hybridized carbons (Fsp3) is 0.500. The highest BCUT2D eigenvalue weighted by Crippen LogP contribution is 2.14. The van der Waals surface area contributed by atoms with E-state index in [4.69, 9.17) is 4.52 Å². The van der Waals surface area contributed by atoms with E-state index in [2.05, 4.69) is 34.4 Å². The first-order chi connectivity index (χ1) is 7.65. The Hall–Kier alpha value is -1.85. The minimum Gasteiger partial charge on any atom is -0.337 e. The van der Waals surface area contributed by atoms with Crippen LogP contribution in [0.3, 0.4) is 0 Å². The fourth-order valence-electron chi connectivity index (χ4n) is 1.23. The Labute approximate surface area is 93.7 Å². The van der Waals surface area contributed by atoms with Crippen molar-refractivity contribution in [2.45, 2.75) is 13.8 Å². The molecule has 1 N–H and O–H groups in total. The molecule has 2 aromatic rings. The van der Waals surface area contributed by atoms with Crippen molar-refractivity contribution in [2.75, 3.05) is 11.9 Å². The van der Waals surface area contributed by atoms with Crippen molar-refractivity contribution >= 4 is 6.01 Å². The summed E-state index contributed by atoms with van der Waals surface area (Å²) in [5.74, 6) is 1.04. The van der Waals surface area contributed by atoms with E-state index >= 15 is 0 Å². The normalized spacial score (nSPS) is 11.0. The van der Waals surface area contributed by atoms with E-state index in [0.29, 0.717) is 23.5 Å². The van der Waals surface area contributed by atoms with Gasteiger partial charge in [-0.1, -0.05) is 19.0 Å². The third-order valence-electron chi connectivity index (χ3n) is 2.03. The average Bonchev–Trinajstić information content (AvgIpc) is 2.83. The molecule has 0 saturated heterocycles. The second kappa shape index (κ2) is 4.34. The summed E-state index contributed by atoms with van der Waals surface area (Å²) in [5, 5.41) is 11.1. The first-order valence-corrected chi connectivity index (χ1v) is 5.23. The highest BCUT2D eigenvalue weighted by molar-refractivity contribution is 5.48. The lowest BCUT2D eigenvalue weighted by Gasteiger charge is -2.02. The molecule has 0 radical (unpaired) electrons. The number of rotatable bonds is 4. The predicted octanol–water partition coefficient (Wildman–Crippen LogP) is 1.54. The van der Waals surface area contributed by atoms with Crippen molar-refractivity contribution in [3.8, 4) is 11.5 Å². The summed E-state index contributed by atoms with van der Waals surface area (Å²) in [6.07, 6.45) is 1.84. The molecular weight excluding hydrogens is 206 g/mol. The van der Waals surface area contributed by atoms with Gasteiger partial charge in [-0.3, -0.25) is 4.68 Å². The number of aromatic nitrogens is 4. The third-order valence-corrected chi connectivity index (χ3v) is 2.03. The maximum absolute atomic E-state index is 5.06. The first kappa shape index (κ1) is 10.7. The van der Waals surface area contributed by atoms with Gasteiger partial charge in [-0.05, 0) is 12.0 Å². The smallest absolute Gasteiger partial charge is 0.321 e. The lowest BCUT2D eigenvalue weighted by Crippen LogP contribution is -2.07. The standard InChI is InChI=1S/C10H15N5O/c1-7(2)6-11-10-12-9(14-16-10)8-4-5-15(3)13-8/h4-5,7H,6H2,1-3H3,(H,11,12,14). The molecule has 0 bridgehead atoms. The molecule has 0 aliphatic carbocycles. The number of hydrogen-bond donors (Lipinski definition) is 1. The van der Waals surface area contributed by atoms with Crippen molar-refractivity contribution in [1.29, 1.82) is 0 Å². The molecule has 16 heavy (non-hydrogen) atoms. The largest absolute Gasteiger partial charge is 0.337 e. The van der Waals surface area contributed by atoms with Crippen LogP contribution in [0.2, 0.25) is 0 Å². The molecule has 0 aliphatic heterocycles. The van der Waals surface area contributed by atoms with Gasteiger partial charge in [0.2, 0.25) is 5.82 Å². The molecule has 0 unspecified atom stereocenters. The van der Waals surface area contributed by atoms with Gasteiger partial charge in [-0.25, -0.2) is 0 Å². The second-order valence-electron chi connectivity index (χ2n) is 4.07. The summed E-state index contributed by atoms with van der Waals surface area (Å²) in [7, 11) is 1.85. The molecule has 6 nitrogen and oxygen atoms in total. The highest BCUT2D eigenvalue weighted by atomic mass is 16.5. The van der Waals surface area contributed by atoms with Gasteiger partial charge in [-0.15, -0.1) is 0 Å². The van der Waals surface area contributed by atoms with Crippen molar-refractivity contribution in [2.24, 2.45) is 13.0 Å². The van der Waals surface area contributed by atoms with Crippen LogP contribution < -0.4 is 5.32 Å². The van der Waals surface area contributed by atoms with Crippen LogP contribution >= 0.6 is 0 Å². The number of aryl methyl sites for hydroxylation is 1. The number of nitrogens with zero attached hydrogens (tertiary/aromatic N) is 4. The van der Waals surface area contributed by atoms with E-state index in [1.807, 2.05) is 19.3 Å². The summed E-state index contributed by atoms with van der Waals surface area (Å²) in [6.45, 7) is 5.04. The highest BCUT2D eigenvalue weighted by Gasteiger charge is 2.10. The van der Waals surface area contributed by atoms with Crippen LogP contribution in [-0.4, -0.2) is 26.5 Å². The molecule has 6 heteroatoms. The van der Waals surface area contributed by atoms with Crippen LogP contribution in [0, 0.1) is 5.92 Å². The SMILES string of the molecule is CC(C)CNc1nc(-c2ccn(C)n2)no1. The van der Waals surface area contributed by atoms with Crippen LogP contribution in [0.15, 0.2) is 16.8 Å². The minimum atomic E-state index is 0.439. The molecule has 0 aliphatic rings. The molecule has 0 saturated carbocycles. The number of nitrogens with one attached hydrogen (secondary N) is 1. The molecule has 0 atom stereocenters. The van der Waals surface area contributed by atoms with E-state index < -0.39 is 0 Å². The van der Waals surface area contributed by atoms with E-state index in [1.165, 1.54) is 0 Å². The quantitative estimate of drug-likeness (QED) is 0.848. The first-order valence-electron chi connectivity index (χ1n) is 5.23. The van der Waals surface area contributed by atoms with Crippen LogP contribution in [0.4, 0.5) is 6.01 Å². The van der Waals surface area contributed by atoms with Crippen LogP contribution in [-0.2, 0) is 7.05 Å². The zero-order valence-electron chi connectivity index (χ0n) is 9.64. The fourth-order valence-corrected chi connectivity index (χ4v) is 1.23. The second-order valence-corrected chi connectivity index (χ2v) is 4.07. The molecule has 86 valence electrons. The van der Waals surface area contributed by atoms with Gasteiger partial charge < -0.3 is 9.84 Å². The van der Waals surface area contributed by atoms with Crippen molar-refractivity contribution in [3.63, 3.8) is 0 Å². The van der Waals surface area contributed by atoms with Gasteiger partial charge in [0, 0.05) is 19.8 Å². The molecule has 0 amide bonds. The Morgan fingerprint density at radius 3 is 2.94 bits per heavy atom.